The van der Waals surface area contributed by atoms with E-state index in [1.165, 1.54) is 11.3 Å². The largest absolute Gasteiger partial charge is 0.379 e. The summed E-state index contributed by atoms with van der Waals surface area (Å²) in [7, 11) is 0. The Morgan fingerprint density at radius 1 is 1.20 bits per heavy atom. The molecule has 1 saturated heterocycles. The number of ether oxygens (including phenoxy) is 1. The second-order valence-corrected chi connectivity index (χ2v) is 9.77. The maximum absolute atomic E-state index is 13.5. The number of anilines is 1. The number of hydrogen-bond donors (Lipinski definition) is 0. The van der Waals surface area contributed by atoms with Crippen molar-refractivity contribution in [1.29, 1.82) is 0 Å². The maximum atomic E-state index is 13.5. The van der Waals surface area contributed by atoms with Gasteiger partial charge in [0.2, 0.25) is 0 Å². The average Bonchev–Trinajstić information content (AvgIpc) is 3.16. The predicted molar refractivity (Wildman–Crippen MR) is 127 cm³/mol. The highest BCUT2D eigenvalue weighted by Gasteiger charge is 2.24. The Kier molecular flexibility index (Phi) is 7.28. The second-order valence-electron chi connectivity index (χ2n) is 7.00. The third kappa shape index (κ3) is 5.15. The maximum Gasteiger partial charge on any atom is 0.261 e. The molecule has 4 rings (SSSR count). The van der Waals surface area contributed by atoms with E-state index in [1.807, 2.05) is 24.3 Å². The number of halogens is 3. The van der Waals surface area contributed by atoms with E-state index in [0.717, 1.165) is 54.0 Å². The Labute approximate surface area is 197 Å². The second kappa shape index (κ2) is 9.94. The normalized spacial score (nSPS) is 14.9. The first-order valence-corrected chi connectivity index (χ1v) is 12.0. The minimum atomic E-state index is -0.159. The highest BCUT2D eigenvalue weighted by atomic mass is 79.9. The average molecular weight is 529 g/mol. The first kappa shape index (κ1) is 22.0. The van der Waals surface area contributed by atoms with Crippen LogP contribution in [0.4, 0.5) is 5.13 Å². The van der Waals surface area contributed by atoms with Gasteiger partial charge in [-0.3, -0.25) is 14.6 Å². The molecule has 0 unspecified atom stereocenters. The first-order chi connectivity index (χ1) is 14.5. The molecule has 2 heterocycles. The summed E-state index contributed by atoms with van der Waals surface area (Å²) >= 11 is 17.4. The van der Waals surface area contributed by atoms with Gasteiger partial charge in [-0.2, -0.15) is 0 Å². The zero-order chi connectivity index (χ0) is 21.1. The third-order valence-electron chi connectivity index (χ3n) is 4.93. The van der Waals surface area contributed by atoms with E-state index >= 15 is 0 Å². The predicted octanol–water partition coefficient (Wildman–Crippen LogP) is 5.73. The summed E-state index contributed by atoms with van der Waals surface area (Å²) in [6.07, 6.45) is 0.827. The molecule has 9 heteroatoms. The molecular formula is C21H20BrCl2N3O2S. The Morgan fingerprint density at radius 2 is 2.00 bits per heavy atom. The molecule has 0 radical (unpaired) electrons. The number of hydrogen-bond acceptors (Lipinski definition) is 5. The number of nitrogens with zero attached hydrogens (tertiary/aromatic N) is 3. The van der Waals surface area contributed by atoms with Gasteiger partial charge < -0.3 is 4.74 Å². The van der Waals surface area contributed by atoms with Crippen molar-refractivity contribution in [3.8, 4) is 0 Å². The van der Waals surface area contributed by atoms with Crippen LogP contribution in [0.3, 0.4) is 0 Å². The Hall–Kier alpha value is -1.22. The molecule has 0 bridgehead atoms. The molecule has 5 nitrogen and oxygen atoms in total. The van der Waals surface area contributed by atoms with Gasteiger partial charge in [-0.1, -0.05) is 50.5 Å². The molecule has 0 atom stereocenters. The van der Waals surface area contributed by atoms with Crippen LogP contribution in [0.2, 0.25) is 10.0 Å². The lowest BCUT2D eigenvalue weighted by Gasteiger charge is -2.27. The molecule has 0 spiro atoms. The molecule has 1 aromatic heterocycles. The summed E-state index contributed by atoms with van der Waals surface area (Å²) in [5, 5.41) is 1.72. The van der Waals surface area contributed by atoms with E-state index in [9.17, 15) is 4.79 Å². The molecule has 2 aromatic carbocycles. The number of thiazole rings is 1. The Balaban J connectivity index is 1.60. The van der Waals surface area contributed by atoms with Crippen LogP contribution in [0.25, 0.3) is 10.2 Å². The van der Waals surface area contributed by atoms with Crippen molar-refractivity contribution in [2.75, 3.05) is 44.3 Å². The SMILES string of the molecule is O=C(c1cc(Br)ccc1Cl)N(CCCN1CCOCC1)c1nc2ccc(Cl)cc2s1. The van der Waals surface area contributed by atoms with E-state index in [2.05, 4.69) is 20.8 Å². The molecular weight excluding hydrogens is 509 g/mol. The van der Waals surface area contributed by atoms with Gasteiger partial charge in [-0.15, -0.1) is 0 Å². The summed E-state index contributed by atoms with van der Waals surface area (Å²) in [4.78, 5) is 22.3. The molecule has 0 aliphatic carbocycles. The number of fused-ring (bicyclic) bond motifs is 1. The van der Waals surface area contributed by atoms with Gasteiger partial charge in [0.1, 0.15) is 0 Å². The van der Waals surface area contributed by atoms with E-state index in [-0.39, 0.29) is 5.91 Å². The van der Waals surface area contributed by atoms with Crippen LogP contribution in [0, 0.1) is 0 Å². The first-order valence-electron chi connectivity index (χ1n) is 9.64. The zero-order valence-corrected chi connectivity index (χ0v) is 20.0. The van der Waals surface area contributed by atoms with E-state index in [0.29, 0.717) is 27.3 Å². The highest BCUT2D eigenvalue weighted by molar-refractivity contribution is 9.10. The van der Waals surface area contributed by atoms with Crippen LogP contribution in [-0.4, -0.2) is 55.2 Å². The number of amides is 1. The fourth-order valence-corrected chi connectivity index (χ4v) is 5.20. The van der Waals surface area contributed by atoms with Crippen molar-refractivity contribution in [2.24, 2.45) is 0 Å². The molecule has 1 amide bonds. The number of carbonyl (C=O) groups excluding carboxylic acids is 1. The van der Waals surface area contributed by atoms with Crippen LogP contribution in [0.5, 0.6) is 0 Å². The van der Waals surface area contributed by atoms with Crippen LogP contribution in [0.1, 0.15) is 16.8 Å². The minimum Gasteiger partial charge on any atom is -0.379 e. The summed E-state index contributed by atoms with van der Waals surface area (Å²) in [6.45, 7) is 4.81. The molecule has 158 valence electrons. The molecule has 1 fully saturated rings. The number of morpholine rings is 1. The van der Waals surface area contributed by atoms with Crippen LogP contribution in [0.15, 0.2) is 40.9 Å². The van der Waals surface area contributed by atoms with Gasteiger partial charge >= 0.3 is 0 Å². The molecule has 0 saturated carbocycles. The van der Waals surface area contributed by atoms with Gasteiger partial charge in [-0.25, -0.2) is 4.98 Å². The standard InChI is InChI=1S/C21H20BrCl2N3O2S/c22-14-2-4-17(24)16(12-14)20(28)27(7-1-6-26-8-10-29-11-9-26)21-25-18-5-3-15(23)13-19(18)30-21/h2-5,12-13H,1,6-11H2. The zero-order valence-electron chi connectivity index (χ0n) is 16.1. The lowest BCUT2D eigenvalue weighted by molar-refractivity contribution is 0.0376. The number of aromatic nitrogens is 1. The third-order valence-corrected chi connectivity index (χ3v) is 7.03. The highest BCUT2D eigenvalue weighted by Crippen LogP contribution is 2.33. The molecule has 30 heavy (non-hydrogen) atoms. The lowest BCUT2D eigenvalue weighted by Crippen LogP contribution is -2.39. The summed E-state index contributed by atoms with van der Waals surface area (Å²) in [5.41, 5.74) is 1.28. The number of carbonyl (C=O) groups is 1. The van der Waals surface area contributed by atoms with Crippen molar-refractivity contribution >= 4 is 71.7 Å². The van der Waals surface area contributed by atoms with Gasteiger partial charge in [0.15, 0.2) is 5.13 Å². The smallest absolute Gasteiger partial charge is 0.261 e. The Bertz CT molecular complexity index is 1060. The molecule has 1 aliphatic rings. The van der Waals surface area contributed by atoms with E-state index < -0.39 is 0 Å². The van der Waals surface area contributed by atoms with Gasteiger partial charge in [0.25, 0.3) is 5.91 Å². The molecule has 0 N–H and O–H groups in total. The Morgan fingerprint density at radius 3 is 2.80 bits per heavy atom. The van der Waals surface area contributed by atoms with Crippen molar-refractivity contribution in [2.45, 2.75) is 6.42 Å². The fraction of sp³-hybridized carbons (Fsp3) is 0.333. The van der Waals surface area contributed by atoms with Crippen LogP contribution >= 0.6 is 50.5 Å². The van der Waals surface area contributed by atoms with Gasteiger partial charge in [0.05, 0.1) is 34.0 Å². The van der Waals surface area contributed by atoms with Crippen molar-refractivity contribution in [1.82, 2.24) is 9.88 Å². The quantitative estimate of drug-likeness (QED) is 0.409. The molecule has 1 aliphatic heterocycles. The topological polar surface area (TPSA) is 45.7 Å². The van der Waals surface area contributed by atoms with E-state index in [4.69, 9.17) is 32.9 Å². The lowest BCUT2D eigenvalue weighted by atomic mass is 10.2. The fourth-order valence-electron chi connectivity index (χ4n) is 3.37. The van der Waals surface area contributed by atoms with Crippen LogP contribution < -0.4 is 4.90 Å². The van der Waals surface area contributed by atoms with Gasteiger partial charge in [0, 0.05) is 35.7 Å². The molecule has 3 aromatic rings. The number of benzene rings is 2. The van der Waals surface area contributed by atoms with Crippen LogP contribution in [-0.2, 0) is 4.74 Å². The van der Waals surface area contributed by atoms with Gasteiger partial charge in [-0.05, 0) is 42.8 Å². The van der Waals surface area contributed by atoms with E-state index in [1.54, 1.807) is 17.0 Å². The van der Waals surface area contributed by atoms with Crippen molar-refractivity contribution in [3.63, 3.8) is 0 Å². The minimum absolute atomic E-state index is 0.159. The summed E-state index contributed by atoms with van der Waals surface area (Å²) < 4.78 is 7.17. The summed E-state index contributed by atoms with van der Waals surface area (Å²) in [5.74, 6) is -0.159. The monoisotopic (exact) mass is 527 g/mol. The summed E-state index contributed by atoms with van der Waals surface area (Å²) in [6, 6.07) is 10.9. The van der Waals surface area contributed by atoms with Crippen molar-refractivity contribution < 1.29 is 9.53 Å². The van der Waals surface area contributed by atoms with Crippen molar-refractivity contribution in [3.05, 3.63) is 56.5 Å². The number of rotatable bonds is 6.